The lowest BCUT2D eigenvalue weighted by molar-refractivity contribution is 0.946. The van der Waals surface area contributed by atoms with Gasteiger partial charge in [0.15, 0.2) is 0 Å². The van der Waals surface area contributed by atoms with Crippen LogP contribution in [0.15, 0.2) is 6.07 Å². The van der Waals surface area contributed by atoms with Crippen LogP contribution in [0.2, 0.25) is 0 Å². The van der Waals surface area contributed by atoms with Gasteiger partial charge in [0.1, 0.15) is 5.82 Å². The van der Waals surface area contributed by atoms with Crippen LogP contribution < -0.4 is 10.6 Å². The number of nitrogens with zero attached hydrogens (tertiary/aromatic N) is 2. The van der Waals surface area contributed by atoms with E-state index in [1.807, 2.05) is 20.0 Å². The highest BCUT2D eigenvalue weighted by Crippen LogP contribution is 2.08. The van der Waals surface area contributed by atoms with Crippen LogP contribution in [-0.4, -0.2) is 23.6 Å². The SMILES string of the molecule is CCCNc1nc(C)cc(NC)n1. The summed E-state index contributed by atoms with van der Waals surface area (Å²) in [6.45, 7) is 4.98. The third-order valence-corrected chi connectivity index (χ3v) is 1.64. The molecule has 0 radical (unpaired) electrons. The Bertz CT molecular complexity index is 272. The maximum Gasteiger partial charge on any atom is 0.224 e. The van der Waals surface area contributed by atoms with Crippen LogP contribution in [0.4, 0.5) is 11.8 Å². The van der Waals surface area contributed by atoms with Crippen LogP contribution in [0, 0.1) is 6.92 Å². The average molecular weight is 180 g/mol. The lowest BCUT2D eigenvalue weighted by atomic mass is 10.4. The van der Waals surface area contributed by atoms with E-state index >= 15 is 0 Å². The van der Waals surface area contributed by atoms with Gasteiger partial charge in [-0.1, -0.05) is 6.92 Å². The summed E-state index contributed by atoms with van der Waals surface area (Å²) in [4.78, 5) is 8.51. The fraction of sp³-hybridized carbons (Fsp3) is 0.556. The number of hydrogen-bond donors (Lipinski definition) is 2. The third kappa shape index (κ3) is 2.89. The largest absolute Gasteiger partial charge is 0.373 e. The van der Waals surface area contributed by atoms with E-state index < -0.39 is 0 Å². The quantitative estimate of drug-likeness (QED) is 0.739. The fourth-order valence-electron chi connectivity index (χ4n) is 1.01. The standard InChI is InChI=1S/C9H16N4/c1-4-5-11-9-12-7(2)6-8(10-3)13-9/h6H,4-5H2,1-3H3,(H2,10,11,12,13). The number of aromatic nitrogens is 2. The van der Waals surface area contributed by atoms with Gasteiger partial charge in [0.2, 0.25) is 5.95 Å². The van der Waals surface area contributed by atoms with Crippen LogP contribution in [0.1, 0.15) is 19.0 Å². The minimum Gasteiger partial charge on any atom is -0.373 e. The molecule has 0 amide bonds. The van der Waals surface area contributed by atoms with Gasteiger partial charge < -0.3 is 10.6 Å². The van der Waals surface area contributed by atoms with Crippen LogP contribution in [0.5, 0.6) is 0 Å². The molecule has 4 heteroatoms. The molecular weight excluding hydrogens is 164 g/mol. The van der Waals surface area contributed by atoms with Gasteiger partial charge in [0.05, 0.1) is 0 Å². The molecule has 1 aromatic rings. The van der Waals surface area contributed by atoms with E-state index in [4.69, 9.17) is 0 Å². The Morgan fingerprint density at radius 3 is 2.77 bits per heavy atom. The molecule has 0 saturated carbocycles. The van der Waals surface area contributed by atoms with E-state index in [-0.39, 0.29) is 0 Å². The van der Waals surface area contributed by atoms with Gasteiger partial charge in [-0.05, 0) is 13.3 Å². The molecule has 1 heterocycles. The zero-order chi connectivity index (χ0) is 9.68. The molecule has 0 aliphatic heterocycles. The Balaban J connectivity index is 2.76. The molecule has 0 atom stereocenters. The van der Waals surface area contributed by atoms with Crippen molar-refractivity contribution in [2.24, 2.45) is 0 Å². The van der Waals surface area contributed by atoms with E-state index in [0.29, 0.717) is 5.95 Å². The van der Waals surface area contributed by atoms with Gasteiger partial charge in [-0.2, -0.15) is 4.98 Å². The van der Waals surface area contributed by atoms with Crippen molar-refractivity contribution in [3.05, 3.63) is 11.8 Å². The van der Waals surface area contributed by atoms with Crippen molar-refractivity contribution >= 4 is 11.8 Å². The summed E-state index contributed by atoms with van der Waals surface area (Å²) in [6.07, 6.45) is 1.08. The first-order chi connectivity index (χ1) is 6.26. The maximum atomic E-state index is 4.26. The molecule has 72 valence electrons. The Hall–Kier alpha value is -1.32. The minimum absolute atomic E-state index is 0.700. The van der Waals surface area contributed by atoms with Gasteiger partial charge >= 0.3 is 0 Å². The summed E-state index contributed by atoms with van der Waals surface area (Å²) >= 11 is 0. The third-order valence-electron chi connectivity index (χ3n) is 1.64. The van der Waals surface area contributed by atoms with Gasteiger partial charge in [0, 0.05) is 25.4 Å². The van der Waals surface area contributed by atoms with Gasteiger partial charge in [-0.15, -0.1) is 0 Å². The second kappa shape index (κ2) is 4.64. The molecule has 13 heavy (non-hydrogen) atoms. The number of anilines is 2. The first-order valence-corrected chi connectivity index (χ1v) is 4.53. The average Bonchev–Trinajstić information content (AvgIpc) is 2.14. The summed E-state index contributed by atoms with van der Waals surface area (Å²) in [5, 5.41) is 6.14. The molecule has 0 unspecified atom stereocenters. The number of aryl methyl sites for hydroxylation is 1. The van der Waals surface area contributed by atoms with Crippen molar-refractivity contribution in [3.63, 3.8) is 0 Å². The second-order valence-electron chi connectivity index (χ2n) is 2.89. The normalized spacial score (nSPS) is 9.77. The van der Waals surface area contributed by atoms with Crippen molar-refractivity contribution in [1.82, 2.24) is 9.97 Å². The number of nitrogens with one attached hydrogen (secondary N) is 2. The molecule has 1 aromatic heterocycles. The molecule has 0 saturated heterocycles. The molecule has 0 bridgehead atoms. The molecule has 0 fully saturated rings. The first-order valence-electron chi connectivity index (χ1n) is 4.53. The Morgan fingerprint density at radius 2 is 2.15 bits per heavy atom. The van der Waals surface area contributed by atoms with Gasteiger partial charge in [-0.25, -0.2) is 4.98 Å². The van der Waals surface area contributed by atoms with Crippen LogP contribution in [0.25, 0.3) is 0 Å². The molecule has 1 rings (SSSR count). The molecule has 0 aliphatic carbocycles. The van der Waals surface area contributed by atoms with Crippen molar-refractivity contribution in [2.45, 2.75) is 20.3 Å². The summed E-state index contributed by atoms with van der Waals surface area (Å²) in [5.74, 6) is 1.55. The molecule has 0 aromatic carbocycles. The molecule has 0 aliphatic rings. The number of rotatable bonds is 4. The van der Waals surface area contributed by atoms with Crippen LogP contribution in [-0.2, 0) is 0 Å². The smallest absolute Gasteiger partial charge is 0.224 e. The number of hydrogen-bond acceptors (Lipinski definition) is 4. The van der Waals surface area contributed by atoms with Gasteiger partial charge in [0.25, 0.3) is 0 Å². The monoisotopic (exact) mass is 180 g/mol. The summed E-state index contributed by atoms with van der Waals surface area (Å²) < 4.78 is 0. The topological polar surface area (TPSA) is 49.8 Å². The highest BCUT2D eigenvalue weighted by Gasteiger charge is 1.98. The Kier molecular flexibility index (Phi) is 3.49. The predicted molar refractivity (Wildman–Crippen MR) is 55.1 cm³/mol. The summed E-state index contributed by atoms with van der Waals surface area (Å²) in [6, 6.07) is 1.91. The van der Waals surface area contributed by atoms with Gasteiger partial charge in [-0.3, -0.25) is 0 Å². The van der Waals surface area contributed by atoms with Crippen LogP contribution in [0.3, 0.4) is 0 Å². The van der Waals surface area contributed by atoms with Crippen molar-refractivity contribution in [1.29, 1.82) is 0 Å². The molecule has 4 nitrogen and oxygen atoms in total. The summed E-state index contributed by atoms with van der Waals surface area (Å²) in [5.41, 5.74) is 0.970. The molecular formula is C9H16N4. The highest BCUT2D eigenvalue weighted by molar-refractivity contribution is 5.41. The predicted octanol–water partition coefficient (Wildman–Crippen LogP) is 1.65. The van der Waals surface area contributed by atoms with Crippen molar-refractivity contribution in [2.75, 3.05) is 24.2 Å². The first kappa shape index (κ1) is 9.77. The second-order valence-corrected chi connectivity index (χ2v) is 2.89. The Labute approximate surface area is 78.8 Å². The van der Waals surface area contributed by atoms with E-state index in [2.05, 4.69) is 27.5 Å². The fourth-order valence-corrected chi connectivity index (χ4v) is 1.01. The maximum absolute atomic E-state index is 4.26. The van der Waals surface area contributed by atoms with Crippen molar-refractivity contribution < 1.29 is 0 Å². The Morgan fingerprint density at radius 1 is 1.38 bits per heavy atom. The van der Waals surface area contributed by atoms with Crippen LogP contribution >= 0.6 is 0 Å². The molecule has 0 spiro atoms. The zero-order valence-electron chi connectivity index (χ0n) is 8.39. The van der Waals surface area contributed by atoms with E-state index in [9.17, 15) is 0 Å². The highest BCUT2D eigenvalue weighted by atomic mass is 15.1. The van der Waals surface area contributed by atoms with E-state index in [1.54, 1.807) is 0 Å². The molecule has 2 N–H and O–H groups in total. The van der Waals surface area contributed by atoms with E-state index in [0.717, 1.165) is 24.5 Å². The lowest BCUT2D eigenvalue weighted by Gasteiger charge is -2.06. The zero-order valence-corrected chi connectivity index (χ0v) is 8.39. The summed E-state index contributed by atoms with van der Waals surface area (Å²) in [7, 11) is 1.85. The minimum atomic E-state index is 0.700. The van der Waals surface area contributed by atoms with Crippen molar-refractivity contribution in [3.8, 4) is 0 Å². The van der Waals surface area contributed by atoms with E-state index in [1.165, 1.54) is 0 Å². The lowest BCUT2D eigenvalue weighted by Crippen LogP contribution is -2.06.